The van der Waals surface area contributed by atoms with Crippen molar-refractivity contribution in [3.05, 3.63) is 72.9 Å². The number of allylic oxidation sites excluding steroid dienone is 12. The molecule has 0 aromatic carbocycles. The highest BCUT2D eigenvalue weighted by Gasteiger charge is 2.03. The molecule has 0 radical (unpaired) electrons. The van der Waals surface area contributed by atoms with E-state index in [1.165, 1.54) is 77.0 Å². The van der Waals surface area contributed by atoms with Crippen molar-refractivity contribution < 1.29 is 5.11 Å². The van der Waals surface area contributed by atoms with Crippen molar-refractivity contribution in [2.45, 2.75) is 148 Å². The van der Waals surface area contributed by atoms with E-state index < -0.39 is 0 Å². The van der Waals surface area contributed by atoms with Gasteiger partial charge in [0.2, 0.25) is 0 Å². The third-order valence-electron chi connectivity index (χ3n) is 6.38. The van der Waals surface area contributed by atoms with E-state index in [4.69, 9.17) is 0 Å². The minimum Gasteiger partial charge on any atom is -0.393 e. The molecule has 1 heteroatoms. The highest BCUT2D eigenvalue weighted by Crippen LogP contribution is 2.14. The topological polar surface area (TPSA) is 20.2 Å². The Morgan fingerprint density at radius 2 is 0.694 bits per heavy atom. The molecule has 0 heterocycles. The molecule has 0 saturated carbocycles. The first-order valence-corrected chi connectivity index (χ1v) is 15.4. The summed E-state index contributed by atoms with van der Waals surface area (Å²) in [5.41, 5.74) is 0. The minimum atomic E-state index is -0.0769. The van der Waals surface area contributed by atoms with Crippen LogP contribution in [0.25, 0.3) is 0 Å². The summed E-state index contributed by atoms with van der Waals surface area (Å²) >= 11 is 0. The Morgan fingerprint density at radius 3 is 1.08 bits per heavy atom. The smallest absolute Gasteiger partial charge is 0.0540 e. The number of aliphatic hydroxyl groups is 1. The molecule has 36 heavy (non-hydrogen) atoms. The number of rotatable bonds is 26. The number of unbranched alkanes of at least 4 members (excludes halogenated alkanes) is 10. The molecule has 0 atom stereocenters. The van der Waals surface area contributed by atoms with Crippen molar-refractivity contribution in [1.82, 2.24) is 0 Å². The maximum absolute atomic E-state index is 10.2. The van der Waals surface area contributed by atoms with Crippen LogP contribution in [0.2, 0.25) is 0 Å². The van der Waals surface area contributed by atoms with Gasteiger partial charge < -0.3 is 5.11 Å². The fourth-order valence-electron chi connectivity index (χ4n) is 4.14. The molecule has 0 fully saturated rings. The Balaban J connectivity index is 3.34. The summed E-state index contributed by atoms with van der Waals surface area (Å²) in [5, 5.41) is 10.2. The molecular formula is C35H60O. The van der Waals surface area contributed by atoms with Gasteiger partial charge in [-0.15, -0.1) is 0 Å². The van der Waals surface area contributed by atoms with Crippen LogP contribution in [0.3, 0.4) is 0 Å². The molecular weight excluding hydrogens is 436 g/mol. The molecule has 0 unspecified atom stereocenters. The van der Waals surface area contributed by atoms with E-state index in [0.717, 1.165) is 51.4 Å². The lowest BCUT2D eigenvalue weighted by atomic mass is 10.0. The van der Waals surface area contributed by atoms with Gasteiger partial charge in [-0.25, -0.2) is 0 Å². The van der Waals surface area contributed by atoms with Gasteiger partial charge in [-0.05, 0) is 77.0 Å². The van der Waals surface area contributed by atoms with Crippen LogP contribution in [0.1, 0.15) is 142 Å². The van der Waals surface area contributed by atoms with E-state index in [1.807, 2.05) is 0 Å². The van der Waals surface area contributed by atoms with Crippen LogP contribution in [0, 0.1) is 0 Å². The van der Waals surface area contributed by atoms with E-state index in [2.05, 4.69) is 86.8 Å². The predicted molar refractivity (Wildman–Crippen MR) is 165 cm³/mol. The Hall–Kier alpha value is -1.60. The van der Waals surface area contributed by atoms with E-state index in [-0.39, 0.29) is 6.10 Å². The van der Waals surface area contributed by atoms with Gasteiger partial charge in [0, 0.05) is 0 Å². The highest BCUT2D eigenvalue weighted by molar-refractivity contribution is 4.97. The van der Waals surface area contributed by atoms with Crippen LogP contribution in [-0.4, -0.2) is 11.2 Å². The second-order valence-corrected chi connectivity index (χ2v) is 9.93. The second-order valence-electron chi connectivity index (χ2n) is 9.93. The second kappa shape index (κ2) is 31.4. The third kappa shape index (κ3) is 30.4. The van der Waals surface area contributed by atoms with Gasteiger partial charge in [0.25, 0.3) is 0 Å². The van der Waals surface area contributed by atoms with E-state index >= 15 is 0 Å². The first-order chi connectivity index (χ1) is 17.8. The summed E-state index contributed by atoms with van der Waals surface area (Å²) in [6, 6.07) is 0. The molecule has 0 saturated heterocycles. The van der Waals surface area contributed by atoms with E-state index in [1.54, 1.807) is 0 Å². The highest BCUT2D eigenvalue weighted by atomic mass is 16.3. The van der Waals surface area contributed by atoms with Gasteiger partial charge in [-0.1, -0.05) is 138 Å². The minimum absolute atomic E-state index is 0.0769. The monoisotopic (exact) mass is 496 g/mol. The molecule has 0 spiro atoms. The van der Waals surface area contributed by atoms with Crippen LogP contribution in [0.5, 0.6) is 0 Å². The van der Waals surface area contributed by atoms with Gasteiger partial charge in [0.15, 0.2) is 0 Å². The summed E-state index contributed by atoms with van der Waals surface area (Å²) < 4.78 is 0. The molecule has 0 bridgehead atoms. The first kappa shape index (κ1) is 34.4. The molecule has 0 aromatic heterocycles. The van der Waals surface area contributed by atoms with Crippen molar-refractivity contribution in [2.24, 2.45) is 0 Å². The van der Waals surface area contributed by atoms with Crippen LogP contribution in [0.4, 0.5) is 0 Å². The van der Waals surface area contributed by atoms with E-state index in [0.29, 0.717) is 0 Å². The van der Waals surface area contributed by atoms with Gasteiger partial charge >= 0.3 is 0 Å². The lowest BCUT2D eigenvalue weighted by molar-refractivity contribution is 0.147. The molecule has 0 rings (SSSR count). The van der Waals surface area contributed by atoms with Crippen molar-refractivity contribution in [3.63, 3.8) is 0 Å². The molecule has 206 valence electrons. The Labute approximate surface area is 226 Å². The lowest BCUT2D eigenvalue weighted by Crippen LogP contribution is -2.05. The third-order valence-corrected chi connectivity index (χ3v) is 6.38. The molecule has 1 nitrogen and oxygen atoms in total. The number of hydrogen-bond acceptors (Lipinski definition) is 1. The molecule has 1 N–H and O–H groups in total. The normalized spacial score (nSPS) is 13.0. The van der Waals surface area contributed by atoms with Crippen molar-refractivity contribution in [2.75, 3.05) is 0 Å². The predicted octanol–water partition coefficient (Wildman–Crippen LogP) is 11.5. The van der Waals surface area contributed by atoms with Crippen molar-refractivity contribution in [3.8, 4) is 0 Å². The van der Waals surface area contributed by atoms with E-state index in [9.17, 15) is 5.11 Å². The zero-order chi connectivity index (χ0) is 26.2. The van der Waals surface area contributed by atoms with Crippen molar-refractivity contribution >= 4 is 0 Å². The lowest BCUT2D eigenvalue weighted by Gasteiger charge is -2.10. The maximum atomic E-state index is 10.2. The average molecular weight is 497 g/mol. The average Bonchev–Trinajstić information content (AvgIpc) is 2.88. The summed E-state index contributed by atoms with van der Waals surface area (Å²) in [6.45, 7) is 4.34. The van der Waals surface area contributed by atoms with Crippen LogP contribution >= 0.6 is 0 Å². The molecule has 0 aliphatic heterocycles. The quantitative estimate of drug-likeness (QED) is 0.0932. The zero-order valence-corrected chi connectivity index (χ0v) is 24.1. The fourth-order valence-corrected chi connectivity index (χ4v) is 4.14. The maximum Gasteiger partial charge on any atom is 0.0540 e. The summed E-state index contributed by atoms with van der Waals surface area (Å²) in [5.74, 6) is 0. The summed E-state index contributed by atoms with van der Waals surface area (Å²) in [7, 11) is 0. The fraction of sp³-hybridized carbons (Fsp3) is 0.657. The summed E-state index contributed by atoms with van der Waals surface area (Å²) in [4.78, 5) is 0. The molecule has 0 amide bonds. The first-order valence-electron chi connectivity index (χ1n) is 15.4. The van der Waals surface area contributed by atoms with Crippen LogP contribution in [-0.2, 0) is 0 Å². The molecule has 0 aliphatic carbocycles. The standard InChI is InChI=1S/C35H60O/c1-3-5-7-9-11-13-15-17-19-21-23-25-27-29-31-33-35(36)34-32-30-28-26-24-22-20-18-16-14-12-10-8-6-4-2/h5-8,11-14,17-20,35-36H,3-4,9-10,15-16,21-34H2,1-2H3/b7-5-,8-6-,13-11-,14-12-,19-17-,20-18-. The SMILES string of the molecule is CC/C=C\C/C=C\C/C=C\CCCCCCCC(O)CCCCCCC/C=C\C/C=C\C/C=C\CC. The van der Waals surface area contributed by atoms with Crippen LogP contribution < -0.4 is 0 Å². The van der Waals surface area contributed by atoms with Crippen molar-refractivity contribution in [1.29, 1.82) is 0 Å². The summed E-state index contributed by atoms with van der Waals surface area (Å²) in [6.07, 6.45) is 50.8. The van der Waals surface area contributed by atoms with Gasteiger partial charge in [-0.3, -0.25) is 0 Å². The zero-order valence-electron chi connectivity index (χ0n) is 24.1. The Morgan fingerprint density at radius 1 is 0.389 bits per heavy atom. The molecule has 0 aromatic rings. The van der Waals surface area contributed by atoms with Crippen LogP contribution in [0.15, 0.2) is 72.9 Å². The number of hydrogen-bond donors (Lipinski definition) is 1. The van der Waals surface area contributed by atoms with Gasteiger partial charge in [0.1, 0.15) is 0 Å². The van der Waals surface area contributed by atoms with Gasteiger partial charge in [-0.2, -0.15) is 0 Å². The number of aliphatic hydroxyl groups excluding tert-OH is 1. The molecule has 0 aliphatic rings. The largest absolute Gasteiger partial charge is 0.393 e. The Kier molecular flexibility index (Phi) is 30.0. The van der Waals surface area contributed by atoms with Gasteiger partial charge in [0.05, 0.1) is 6.10 Å². The Bertz CT molecular complexity index is 538.